The largest absolute Gasteiger partial charge is 0.382 e. The molecule has 0 aliphatic rings. The van der Waals surface area contributed by atoms with Crippen molar-refractivity contribution in [3.8, 4) is 11.3 Å². The highest BCUT2D eigenvalue weighted by molar-refractivity contribution is 6.32. The summed E-state index contributed by atoms with van der Waals surface area (Å²) < 4.78 is 0. The van der Waals surface area contributed by atoms with Crippen LogP contribution in [0.25, 0.3) is 22.2 Å². The molecule has 1 N–H and O–H groups in total. The number of rotatable bonds is 3. The fourth-order valence-electron chi connectivity index (χ4n) is 2.80. The second-order valence-electron chi connectivity index (χ2n) is 5.76. The van der Waals surface area contributed by atoms with Gasteiger partial charge in [-0.05, 0) is 18.2 Å². The predicted octanol–water partition coefficient (Wildman–Crippen LogP) is 5.08. The topological polar surface area (TPSA) is 58.9 Å². The van der Waals surface area contributed by atoms with Gasteiger partial charge >= 0.3 is 0 Å². The second-order valence-corrected chi connectivity index (χ2v) is 6.53. The number of nitrogens with zero attached hydrogens (tertiary/aromatic N) is 3. The molecule has 128 valence electrons. The van der Waals surface area contributed by atoms with Crippen molar-refractivity contribution in [3.05, 3.63) is 88.4 Å². The summed E-state index contributed by atoms with van der Waals surface area (Å²) >= 11 is 12.4. The molecule has 4 rings (SSSR count). The fraction of sp³-hybridized carbons (Fsp3) is 0.0500. The van der Waals surface area contributed by atoms with Crippen molar-refractivity contribution in [1.82, 2.24) is 15.0 Å². The van der Waals surface area contributed by atoms with Crippen LogP contribution >= 0.6 is 23.2 Å². The molecule has 0 bridgehead atoms. The van der Waals surface area contributed by atoms with Gasteiger partial charge in [-0.25, -0.2) is 9.97 Å². The normalized spacial score (nSPS) is 12.3. The molecule has 0 spiro atoms. The van der Waals surface area contributed by atoms with Crippen LogP contribution in [0.15, 0.2) is 67.0 Å². The number of pyridine rings is 1. The van der Waals surface area contributed by atoms with Gasteiger partial charge in [-0.1, -0.05) is 59.6 Å². The molecule has 0 radical (unpaired) electrons. The van der Waals surface area contributed by atoms with Gasteiger partial charge in [0, 0.05) is 33.9 Å². The van der Waals surface area contributed by atoms with E-state index >= 15 is 0 Å². The highest BCUT2D eigenvalue weighted by atomic mass is 35.5. The quantitative estimate of drug-likeness (QED) is 0.537. The fourth-order valence-corrected chi connectivity index (χ4v) is 3.29. The smallest absolute Gasteiger partial charge is 0.153 e. The first kappa shape index (κ1) is 16.9. The summed E-state index contributed by atoms with van der Waals surface area (Å²) in [5.74, 6) is 0. The molecule has 1 unspecified atom stereocenters. The van der Waals surface area contributed by atoms with Crippen molar-refractivity contribution >= 4 is 34.1 Å². The lowest BCUT2D eigenvalue weighted by Gasteiger charge is -2.14. The number of fused-ring (bicyclic) bond motifs is 1. The maximum Gasteiger partial charge on any atom is 0.153 e. The van der Waals surface area contributed by atoms with Crippen LogP contribution < -0.4 is 0 Å². The van der Waals surface area contributed by atoms with E-state index in [9.17, 15) is 5.11 Å². The van der Waals surface area contributed by atoms with E-state index in [4.69, 9.17) is 28.2 Å². The van der Waals surface area contributed by atoms with Crippen LogP contribution in [0.1, 0.15) is 17.4 Å². The van der Waals surface area contributed by atoms with Crippen molar-refractivity contribution in [2.24, 2.45) is 0 Å². The molecular formula is C20H13Cl2N3O. The third kappa shape index (κ3) is 3.15. The highest BCUT2D eigenvalue weighted by Crippen LogP contribution is 2.33. The van der Waals surface area contributed by atoms with E-state index in [-0.39, 0.29) is 10.8 Å². The molecule has 0 fully saturated rings. The second kappa shape index (κ2) is 7.00. The van der Waals surface area contributed by atoms with E-state index in [1.54, 1.807) is 12.1 Å². The zero-order valence-electron chi connectivity index (χ0n) is 13.5. The van der Waals surface area contributed by atoms with Crippen LogP contribution in [0.2, 0.25) is 10.2 Å². The lowest BCUT2D eigenvalue weighted by atomic mass is 10.0. The summed E-state index contributed by atoms with van der Waals surface area (Å²) in [6, 6.07) is 17.3. The summed E-state index contributed by atoms with van der Waals surface area (Å²) in [6.45, 7) is 0. The van der Waals surface area contributed by atoms with Gasteiger partial charge in [0.2, 0.25) is 0 Å². The van der Waals surface area contributed by atoms with E-state index in [0.717, 1.165) is 22.2 Å². The predicted molar refractivity (Wildman–Crippen MR) is 103 cm³/mol. The summed E-state index contributed by atoms with van der Waals surface area (Å²) in [4.78, 5) is 12.8. The van der Waals surface area contributed by atoms with Crippen LogP contribution in [0.4, 0.5) is 0 Å². The SMILES string of the molecule is OC(c1cc2nc(-c3ccccc3)ccc2cc1Cl)c1nccnc1Cl. The molecule has 2 aromatic heterocycles. The molecule has 0 aliphatic carbocycles. The van der Waals surface area contributed by atoms with Crippen molar-refractivity contribution in [1.29, 1.82) is 0 Å². The maximum atomic E-state index is 10.7. The number of aliphatic hydroxyl groups excluding tert-OH is 1. The minimum atomic E-state index is -1.09. The van der Waals surface area contributed by atoms with Gasteiger partial charge in [-0.2, -0.15) is 0 Å². The minimum absolute atomic E-state index is 0.141. The van der Waals surface area contributed by atoms with E-state index in [0.29, 0.717) is 10.6 Å². The van der Waals surface area contributed by atoms with E-state index in [2.05, 4.69) is 9.97 Å². The van der Waals surface area contributed by atoms with Gasteiger partial charge in [0.05, 0.1) is 11.2 Å². The van der Waals surface area contributed by atoms with Crippen molar-refractivity contribution in [2.75, 3.05) is 0 Å². The Morgan fingerprint density at radius 2 is 1.65 bits per heavy atom. The van der Waals surface area contributed by atoms with Gasteiger partial charge in [-0.3, -0.25) is 4.98 Å². The molecule has 1 atom stereocenters. The molecule has 2 heterocycles. The van der Waals surface area contributed by atoms with Gasteiger partial charge in [-0.15, -0.1) is 0 Å². The zero-order valence-corrected chi connectivity index (χ0v) is 15.0. The van der Waals surface area contributed by atoms with Crippen LogP contribution in [-0.4, -0.2) is 20.1 Å². The van der Waals surface area contributed by atoms with Crippen LogP contribution in [0, 0.1) is 0 Å². The summed E-state index contributed by atoms with van der Waals surface area (Å²) in [6.07, 6.45) is 1.86. The molecule has 4 nitrogen and oxygen atoms in total. The van der Waals surface area contributed by atoms with Gasteiger partial charge in [0.25, 0.3) is 0 Å². The first-order valence-electron chi connectivity index (χ1n) is 7.93. The average molecular weight is 382 g/mol. The maximum absolute atomic E-state index is 10.7. The average Bonchev–Trinajstić information content (AvgIpc) is 2.68. The summed E-state index contributed by atoms with van der Waals surface area (Å²) in [5, 5.41) is 12.1. The van der Waals surface area contributed by atoms with Gasteiger partial charge in [0.1, 0.15) is 11.8 Å². The van der Waals surface area contributed by atoms with E-state index in [1.807, 2.05) is 42.5 Å². The minimum Gasteiger partial charge on any atom is -0.382 e. The van der Waals surface area contributed by atoms with Crippen molar-refractivity contribution in [3.63, 3.8) is 0 Å². The molecule has 2 aromatic carbocycles. The molecular weight excluding hydrogens is 369 g/mol. The Kier molecular flexibility index (Phi) is 4.55. The first-order valence-corrected chi connectivity index (χ1v) is 8.69. The third-order valence-electron chi connectivity index (χ3n) is 4.11. The summed E-state index contributed by atoms with van der Waals surface area (Å²) in [5.41, 5.74) is 3.33. The number of hydrogen-bond acceptors (Lipinski definition) is 4. The number of halogens is 2. The molecule has 0 aliphatic heterocycles. The lowest BCUT2D eigenvalue weighted by molar-refractivity contribution is 0.215. The summed E-state index contributed by atoms with van der Waals surface area (Å²) in [7, 11) is 0. The Hall–Kier alpha value is -2.53. The van der Waals surface area contributed by atoms with Crippen LogP contribution in [0.3, 0.4) is 0 Å². The number of benzene rings is 2. The number of aromatic nitrogens is 3. The Morgan fingerprint density at radius 1 is 0.885 bits per heavy atom. The van der Waals surface area contributed by atoms with E-state index < -0.39 is 6.10 Å². The third-order valence-corrected chi connectivity index (χ3v) is 4.73. The molecule has 4 aromatic rings. The standard InChI is InChI=1S/C20H13Cl2N3O/c21-15-10-13-6-7-16(12-4-2-1-3-5-12)25-17(13)11-14(15)19(26)18-20(22)24-9-8-23-18/h1-11,19,26H. The van der Waals surface area contributed by atoms with Crippen molar-refractivity contribution < 1.29 is 5.11 Å². The molecule has 0 saturated heterocycles. The Balaban J connectivity index is 1.83. The van der Waals surface area contributed by atoms with E-state index in [1.165, 1.54) is 12.4 Å². The van der Waals surface area contributed by atoms with Crippen LogP contribution in [0.5, 0.6) is 0 Å². The molecule has 0 amide bonds. The first-order chi connectivity index (χ1) is 12.6. The lowest BCUT2D eigenvalue weighted by Crippen LogP contribution is -2.05. The molecule has 0 saturated carbocycles. The van der Waals surface area contributed by atoms with Crippen LogP contribution in [-0.2, 0) is 0 Å². The highest BCUT2D eigenvalue weighted by Gasteiger charge is 2.20. The molecule has 6 heteroatoms. The Morgan fingerprint density at radius 3 is 2.42 bits per heavy atom. The Labute approximate surface area is 160 Å². The Bertz CT molecular complexity index is 1090. The van der Waals surface area contributed by atoms with Gasteiger partial charge in [0.15, 0.2) is 5.15 Å². The zero-order chi connectivity index (χ0) is 18.1. The molecule has 26 heavy (non-hydrogen) atoms. The number of aliphatic hydroxyl groups is 1. The number of hydrogen-bond donors (Lipinski definition) is 1. The van der Waals surface area contributed by atoms with Crippen molar-refractivity contribution in [2.45, 2.75) is 6.10 Å². The monoisotopic (exact) mass is 381 g/mol. The van der Waals surface area contributed by atoms with Gasteiger partial charge < -0.3 is 5.11 Å².